The van der Waals surface area contributed by atoms with Gasteiger partial charge >= 0.3 is 5.69 Å². The number of methoxy groups -OCH3 is 2. The fourth-order valence-electron chi connectivity index (χ4n) is 2.84. The SMILES string of the molecule is COc1ccc(CCNc2ncnc(Nc3cccc(Cl)c3)c2[N+](=O)[O-])cc1OC. The van der Waals surface area contributed by atoms with Crippen LogP contribution in [0.3, 0.4) is 0 Å². The highest BCUT2D eigenvalue weighted by molar-refractivity contribution is 6.30. The van der Waals surface area contributed by atoms with Crippen LogP contribution in [-0.4, -0.2) is 35.7 Å². The van der Waals surface area contributed by atoms with Gasteiger partial charge < -0.3 is 20.1 Å². The molecule has 0 aliphatic rings. The summed E-state index contributed by atoms with van der Waals surface area (Å²) in [5.41, 5.74) is 1.32. The van der Waals surface area contributed by atoms with Crippen LogP contribution in [0.1, 0.15) is 5.56 Å². The molecule has 0 spiro atoms. The van der Waals surface area contributed by atoms with Crippen LogP contribution in [0, 0.1) is 10.1 Å². The first-order chi connectivity index (χ1) is 14.5. The molecular weight excluding hydrogens is 410 g/mol. The number of ether oxygens (including phenoxy) is 2. The van der Waals surface area contributed by atoms with Crippen LogP contribution in [0.15, 0.2) is 48.8 Å². The van der Waals surface area contributed by atoms with E-state index in [9.17, 15) is 10.1 Å². The van der Waals surface area contributed by atoms with E-state index in [1.807, 2.05) is 18.2 Å². The summed E-state index contributed by atoms with van der Waals surface area (Å²) in [5.74, 6) is 1.46. The molecule has 1 heterocycles. The lowest BCUT2D eigenvalue weighted by Crippen LogP contribution is -2.11. The van der Waals surface area contributed by atoms with E-state index in [4.69, 9.17) is 21.1 Å². The quantitative estimate of drug-likeness (QED) is 0.379. The number of nitrogens with zero attached hydrogens (tertiary/aromatic N) is 3. The molecule has 2 aromatic carbocycles. The van der Waals surface area contributed by atoms with Crippen LogP contribution < -0.4 is 20.1 Å². The number of halogens is 1. The summed E-state index contributed by atoms with van der Waals surface area (Å²) in [6.07, 6.45) is 1.86. The first-order valence-electron chi connectivity index (χ1n) is 8.98. The average Bonchev–Trinajstić information content (AvgIpc) is 2.73. The number of anilines is 3. The molecule has 0 bridgehead atoms. The Balaban J connectivity index is 1.75. The molecule has 2 N–H and O–H groups in total. The number of nitrogens with one attached hydrogen (secondary N) is 2. The highest BCUT2D eigenvalue weighted by Crippen LogP contribution is 2.32. The van der Waals surface area contributed by atoms with E-state index >= 15 is 0 Å². The Bertz CT molecular complexity index is 1050. The molecule has 0 aliphatic carbocycles. The van der Waals surface area contributed by atoms with Crippen molar-refractivity contribution >= 4 is 34.6 Å². The summed E-state index contributed by atoms with van der Waals surface area (Å²) >= 11 is 5.98. The second-order valence-corrected chi connectivity index (χ2v) is 6.61. The molecule has 0 amide bonds. The van der Waals surface area contributed by atoms with E-state index in [0.29, 0.717) is 35.2 Å². The normalized spacial score (nSPS) is 10.4. The van der Waals surface area contributed by atoms with Crippen molar-refractivity contribution in [3.8, 4) is 11.5 Å². The van der Waals surface area contributed by atoms with Crippen LogP contribution >= 0.6 is 11.6 Å². The first kappa shape index (κ1) is 21.1. The van der Waals surface area contributed by atoms with Crippen LogP contribution in [0.5, 0.6) is 11.5 Å². The Kier molecular flexibility index (Phi) is 6.87. The third kappa shape index (κ3) is 5.06. The van der Waals surface area contributed by atoms with Crippen molar-refractivity contribution in [1.82, 2.24) is 9.97 Å². The minimum absolute atomic E-state index is 0.0749. The zero-order valence-electron chi connectivity index (χ0n) is 16.4. The summed E-state index contributed by atoms with van der Waals surface area (Å²) in [7, 11) is 3.14. The van der Waals surface area contributed by atoms with Crippen molar-refractivity contribution in [2.24, 2.45) is 0 Å². The van der Waals surface area contributed by atoms with Crippen LogP contribution in [0.25, 0.3) is 0 Å². The zero-order valence-corrected chi connectivity index (χ0v) is 17.1. The molecule has 30 heavy (non-hydrogen) atoms. The van der Waals surface area contributed by atoms with Gasteiger partial charge in [0.05, 0.1) is 19.1 Å². The summed E-state index contributed by atoms with van der Waals surface area (Å²) in [6.45, 7) is 0.421. The van der Waals surface area contributed by atoms with Crippen molar-refractivity contribution in [2.75, 3.05) is 31.4 Å². The summed E-state index contributed by atoms with van der Waals surface area (Å²) in [4.78, 5) is 19.2. The highest BCUT2D eigenvalue weighted by atomic mass is 35.5. The number of hydrogen-bond donors (Lipinski definition) is 2. The number of hydrogen-bond acceptors (Lipinski definition) is 8. The molecule has 1 aromatic heterocycles. The van der Waals surface area contributed by atoms with Gasteiger partial charge in [-0.05, 0) is 42.3 Å². The third-order valence-electron chi connectivity index (χ3n) is 4.25. The number of nitro groups is 1. The van der Waals surface area contributed by atoms with Crippen molar-refractivity contribution in [2.45, 2.75) is 6.42 Å². The summed E-state index contributed by atoms with van der Waals surface area (Å²) in [5, 5.41) is 18.1. The van der Waals surface area contributed by atoms with Gasteiger partial charge in [0.25, 0.3) is 0 Å². The van der Waals surface area contributed by atoms with Gasteiger partial charge in [-0.2, -0.15) is 0 Å². The minimum Gasteiger partial charge on any atom is -0.493 e. The smallest absolute Gasteiger partial charge is 0.353 e. The van der Waals surface area contributed by atoms with Crippen LogP contribution in [0.2, 0.25) is 5.02 Å². The molecule has 156 valence electrons. The Morgan fingerprint density at radius 2 is 1.83 bits per heavy atom. The van der Waals surface area contributed by atoms with E-state index in [1.54, 1.807) is 38.5 Å². The van der Waals surface area contributed by atoms with E-state index in [0.717, 1.165) is 5.56 Å². The lowest BCUT2D eigenvalue weighted by molar-refractivity contribution is -0.383. The molecule has 3 aromatic rings. The van der Waals surface area contributed by atoms with Gasteiger partial charge in [0.1, 0.15) is 6.33 Å². The third-order valence-corrected chi connectivity index (χ3v) is 4.48. The maximum Gasteiger partial charge on any atom is 0.353 e. The molecule has 0 radical (unpaired) electrons. The number of rotatable bonds is 9. The molecule has 0 saturated heterocycles. The first-order valence-corrected chi connectivity index (χ1v) is 9.36. The molecule has 10 heteroatoms. The van der Waals surface area contributed by atoms with Gasteiger partial charge in [-0.15, -0.1) is 0 Å². The van der Waals surface area contributed by atoms with Gasteiger partial charge in [-0.1, -0.05) is 23.7 Å². The predicted octanol–water partition coefficient (Wildman–Crippen LogP) is 4.45. The number of aromatic nitrogens is 2. The topological polar surface area (TPSA) is 111 Å². The van der Waals surface area contributed by atoms with Crippen molar-refractivity contribution < 1.29 is 14.4 Å². The molecule has 0 fully saturated rings. The largest absolute Gasteiger partial charge is 0.493 e. The fourth-order valence-corrected chi connectivity index (χ4v) is 3.03. The van der Waals surface area contributed by atoms with E-state index in [2.05, 4.69) is 20.6 Å². The van der Waals surface area contributed by atoms with Crippen LogP contribution in [0.4, 0.5) is 23.0 Å². The second-order valence-electron chi connectivity index (χ2n) is 6.18. The van der Waals surface area contributed by atoms with E-state index in [1.165, 1.54) is 6.33 Å². The lowest BCUT2D eigenvalue weighted by atomic mass is 10.1. The lowest BCUT2D eigenvalue weighted by Gasteiger charge is -2.11. The Hall–Kier alpha value is -3.59. The van der Waals surface area contributed by atoms with Gasteiger partial charge in [0.15, 0.2) is 11.5 Å². The Morgan fingerprint density at radius 3 is 2.53 bits per heavy atom. The monoisotopic (exact) mass is 429 g/mol. The maximum absolute atomic E-state index is 11.7. The highest BCUT2D eigenvalue weighted by Gasteiger charge is 2.23. The van der Waals surface area contributed by atoms with Gasteiger partial charge in [-0.3, -0.25) is 10.1 Å². The average molecular weight is 430 g/mol. The van der Waals surface area contributed by atoms with Gasteiger partial charge in [0, 0.05) is 17.3 Å². The molecule has 0 aliphatic heterocycles. The Morgan fingerprint density at radius 1 is 1.07 bits per heavy atom. The van der Waals surface area contributed by atoms with Crippen LogP contribution in [-0.2, 0) is 6.42 Å². The maximum atomic E-state index is 11.7. The molecule has 0 atom stereocenters. The molecule has 0 unspecified atom stereocenters. The fraction of sp³-hybridized carbons (Fsp3) is 0.200. The van der Waals surface area contributed by atoms with Crippen molar-refractivity contribution in [1.29, 1.82) is 0 Å². The van der Waals surface area contributed by atoms with E-state index < -0.39 is 4.92 Å². The van der Waals surface area contributed by atoms with Crippen molar-refractivity contribution in [3.05, 3.63) is 69.5 Å². The zero-order chi connectivity index (χ0) is 21.5. The Labute approximate surface area is 178 Å². The molecular formula is C20H20ClN5O4. The van der Waals surface area contributed by atoms with E-state index in [-0.39, 0.29) is 17.3 Å². The predicted molar refractivity (Wildman–Crippen MR) is 115 cm³/mol. The second kappa shape index (κ2) is 9.75. The number of benzene rings is 2. The standard InChI is InChI=1S/C20H20ClN5O4/c1-29-16-7-6-13(10-17(16)30-2)8-9-22-19-18(26(27)28)20(24-12-23-19)25-15-5-3-4-14(21)11-15/h3-7,10-12H,8-9H2,1-2H3,(H2,22,23,24,25). The van der Waals surface area contributed by atoms with Gasteiger partial charge in [-0.25, -0.2) is 9.97 Å². The molecule has 0 saturated carbocycles. The molecule has 9 nitrogen and oxygen atoms in total. The van der Waals surface area contributed by atoms with Crippen molar-refractivity contribution in [3.63, 3.8) is 0 Å². The molecule has 3 rings (SSSR count). The minimum atomic E-state index is -0.522. The van der Waals surface area contributed by atoms with Gasteiger partial charge in [0.2, 0.25) is 11.6 Å². The summed E-state index contributed by atoms with van der Waals surface area (Å²) in [6, 6.07) is 12.4. The summed E-state index contributed by atoms with van der Waals surface area (Å²) < 4.78 is 10.5.